The third kappa shape index (κ3) is 7.92. The van der Waals surface area contributed by atoms with Crippen LogP contribution in [0.1, 0.15) is 0 Å². The molecule has 0 atom stereocenters. The molecular weight excluding hydrogens is 138 g/mol. The first kappa shape index (κ1) is 9.92. The van der Waals surface area contributed by atoms with Gasteiger partial charge in [-0.3, -0.25) is 0 Å². The average Bonchev–Trinajstić information content (AvgIpc) is 1.78. The molecule has 0 rings (SSSR count). The second kappa shape index (κ2) is 4.69. The summed E-state index contributed by atoms with van der Waals surface area (Å²) >= 11 is 0. The van der Waals surface area contributed by atoms with E-state index in [1.54, 1.807) is 0 Å². The van der Waals surface area contributed by atoms with Crippen LogP contribution in [0, 0.1) is 0 Å². The Hall–Kier alpha value is -0.0831. The van der Waals surface area contributed by atoms with Crippen LogP contribution in [-0.4, -0.2) is 21.7 Å². The summed E-state index contributed by atoms with van der Waals surface area (Å²) < 4.78 is 0. The van der Waals surface area contributed by atoms with Gasteiger partial charge in [0, 0.05) is 14.6 Å². The predicted octanol–water partition coefficient (Wildman–Crippen LogP) is 2.10. The van der Waals surface area contributed by atoms with Gasteiger partial charge in [-0.25, -0.2) is 0 Å². The van der Waals surface area contributed by atoms with E-state index in [0.29, 0.717) is 0 Å². The Balaban J connectivity index is 3.34. The van der Waals surface area contributed by atoms with Crippen LogP contribution in [0.3, 0.4) is 0 Å². The molecule has 0 aromatic heterocycles. The normalized spacial score (nSPS) is 12.8. The van der Waals surface area contributed by atoms with Gasteiger partial charge in [0.25, 0.3) is 0 Å². The van der Waals surface area contributed by atoms with Crippen molar-refractivity contribution in [2.45, 2.75) is 25.7 Å². The number of hydrogen-bond acceptors (Lipinski definition) is 1. The van der Waals surface area contributed by atoms with E-state index in [2.05, 4.69) is 37.1 Å². The van der Waals surface area contributed by atoms with Crippen molar-refractivity contribution < 1.29 is 0 Å². The van der Waals surface area contributed by atoms with Gasteiger partial charge in [0.05, 0.1) is 0 Å². The fourth-order valence-electron chi connectivity index (χ4n) is 0.638. The molecule has 0 aliphatic heterocycles. The van der Waals surface area contributed by atoms with Crippen molar-refractivity contribution in [1.29, 1.82) is 0 Å². The van der Waals surface area contributed by atoms with Gasteiger partial charge in [0.2, 0.25) is 0 Å². The molecule has 0 aromatic carbocycles. The zero-order chi connectivity index (χ0) is 8.04. The Kier molecular flexibility index (Phi) is 4.65. The third-order valence-corrected chi connectivity index (χ3v) is 2.68. The van der Waals surface area contributed by atoms with Crippen LogP contribution in [0.25, 0.3) is 0 Å². The second-order valence-electron chi connectivity index (χ2n) is 3.79. The fraction of sp³-hybridized carbons (Fsp3) is 0.750. The van der Waals surface area contributed by atoms with E-state index in [1.807, 2.05) is 7.05 Å². The van der Waals surface area contributed by atoms with Crippen molar-refractivity contribution in [3.8, 4) is 0 Å². The highest BCUT2D eigenvalue weighted by Crippen LogP contribution is 2.07. The number of likely N-dealkylation sites (N-methyl/N-ethyl adjacent to an activating group) is 1. The highest BCUT2D eigenvalue weighted by atomic mass is 28.3. The summed E-state index contributed by atoms with van der Waals surface area (Å²) in [5.74, 6) is 0. The van der Waals surface area contributed by atoms with Crippen LogP contribution in [-0.2, 0) is 0 Å². The molecule has 0 heterocycles. The van der Waals surface area contributed by atoms with E-state index in [-0.39, 0.29) is 0 Å². The summed E-state index contributed by atoms with van der Waals surface area (Å²) in [6.07, 6.45) is 4.50. The molecule has 0 aliphatic carbocycles. The first-order valence-electron chi connectivity index (χ1n) is 3.86. The van der Waals surface area contributed by atoms with Gasteiger partial charge in [-0.2, -0.15) is 0 Å². The summed E-state index contributed by atoms with van der Waals surface area (Å²) in [5, 5.41) is 3.08. The van der Waals surface area contributed by atoms with Crippen molar-refractivity contribution in [2.75, 3.05) is 13.6 Å². The standard InChI is InChI=1S/C8H19NSi/c1-9-7-5-6-8-10(2,3)4/h5-6,9H,7-8H2,1-4H3. The quantitative estimate of drug-likeness (QED) is 0.487. The molecule has 0 aliphatic rings. The Morgan fingerprint density at radius 3 is 2.20 bits per heavy atom. The van der Waals surface area contributed by atoms with Gasteiger partial charge >= 0.3 is 0 Å². The molecule has 60 valence electrons. The van der Waals surface area contributed by atoms with Gasteiger partial charge in [-0.05, 0) is 13.1 Å². The summed E-state index contributed by atoms with van der Waals surface area (Å²) in [4.78, 5) is 0. The molecule has 2 heteroatoms. The van der Waals surface area contributed by atoms with Crippen LogP contribution >= 0.6 is 0 Å². The average molecular weight is 157 g/mol. The zero-order valence-electron chi connectivity index (χ0n) is 7.57. The van der Waals surface area contributed by atoms with Crippen LogP contribution in [0.4, 0.5) is 0 Å². The molecule has 0 unspecified atom stereocenters. The molecule has 0 amide bonds. The molecule has 0 saturated carbocycles. The van der Waals surface area contributed by atoms with Gasteiger partial charge < -0.3 is 5.32 Å². The van der Waals surface area contributed by atoms with E-state index < -0.39 is 8.07 Å². The maximum Gasteiger partial charge on any atom is 0.0480 e. The Bertz CT molecular complexity index is 102. The number of rotatable bonds is 4. The summed E-state index contributed by atoms with van der Waals surface area (Å²) in [7, 11) is 1.15. The lowest BCUT2D eigenvalue weighted by molar-refractivity contribution is 0.918. The lowest BCUT2D eigenvalue weighted by Gasteiger charge is -2.11. The lowest BCUT2D eigenvalue weighted by Crippen LogP contribution is -2.17. The van der Waals surface area contributed by atoms with Gasteiger partial charge in [0.15, 0.2) is 0 Å². The number of hydrogen-bond donors (Lipinski definition) is 1. The van der Waals surface area contributed by atoms with Crippen molar-refractivity contribution in [3.63, 3.8) is 0 Å². The number of nitrogens with one attached hydrogen (secondary N) is 1. The largest absolute Gasteiger partial charge is 0.316 e. The molecule has 10 heavy (non-hydrogen) atoms. The molecular formula is C8H19NSi. The molecule has 0 fully saturated rings. The van der Waals surface area contributed by atoms with E-state index >= 15 is 0 Å². The molecule has 0 aromatic rings. The SMILES string of the molecule is CNCC=CC[Si](C)(C)C. The van der Waals surface area contributed by atoms with Crippen molar-refractivity contribution in [3.05, 3.63) is 12.2 Å². The summed E-state index contributed by atoms with van der Waals surface area (Å²) in [6, 6.07) is 1.30. The molecule has 1 N–H and O–H groups in total. The first-order valence-corrected chi connectivity index (χ1v) is 7.56. The van der Waals surface area contributed by atoms with Gasteiger partial charge in [-0.1, -0.05) is 31.8 Å². The molecule has 0 bridgehead atoms. The fourth-order valence-corrected chi connectivity index (χ4v) is 1.51. The van der Waals surface area contributed by atoms with Crippen molar-refractivity contribution in [2.24, 2.45) is 0 Å². The minimum Gasteiger partial charge on any atom is -0.316 e. The highest BCUT2D eigenvalue weighted by Gasteiger charge is 2.08. The minimum atomic E-state index is -0.822. The topological polar surface area (TPSA) is 12.0 Å². The van der Waals surface area contributed by atoms with Crippen molar-refractivity contribution >= 4 is 8.07 Å². The van der Waals surface area contributed by atoms with E-state index in [1.165, 1.54) is 6.04 Å². The van der Waals surface area contributed by atoms with E-state index in [9.17, 15) is 0 Å². The Morgan fingerprint density at radius 2 is 1.80 bits per heavy atom. The third-order valence-electron chi connectivity index (χ3n) is 1.22. The maximum absolute atomic E-state index is 3.08. The number of allylic oxidation sites excluding steroid dienone is 1. The first-order chi connectivity index (χ1) is 4.56. The predicted molar refractivity (Wildman–Crippen MR) is 51.2 cm³/mol. The smallest absolute Gasteiger partial charge is 0.0480 e. The van der Waals surface area contributed by atoms with Crippen LogP contribution in [0.15, 0.2) is 12.2 Å². The summed E-state index contributed by atoms with van der Waals surface area (Å²) in [6.45, 7) is 8.16. The monoisotopic (exact) mass is 157 g/mol. The highest BCUT2D eigenvalue weighted by molar-refractivity contribution is 6.76. The van der Waals surface area contributed by atoms with Crippen LogP contribution in [0.2, 0.25) is 25.7 Å². The minimum absolute atomic E-state index is 0.822. The zero-order valence-corrected chi connectivity index (χ0v) is 8.57. The second-order valence-corrected chi connectivity index (χ2v) is 9.32. The molecule has 1 nitrogen and oxygen atoms in total. The Morgan fingerprint density at radius 1 is 1.20 bits per heavy atom. The van der Waals surface area contributed by atoms with Crippen molar-refractivity contribution in [1.82, 2.24) is 5.32 Å². The molecule has 0 spiro atoms. The Labute approximate surface area is 65.5 Å². The van der Waals surface area contributed by atoms with Gasteiger partial charge in [-0.15, -0.1) is 0 Å². The van der Waals surface area contributed by atoms with Crippen LogP contribution < -0.4 is 5.32 Å². The molecule has 0 saturated heterocycles. The van der Waals surface area contributed by atoms with Crippen LogP contribution in [0.5, 0.6) is 0 Å². The lowest BCUT2D eigenvalue weighted by atomic mass is 10.5. The maximum atomic E-state index is 3.08. The molecule has 0 radical (unpaired) electrons. The van der Waals surface area contributed by atoms with Gasteiger partial charge in [0.1, 0.15) is 0 Å². The van der Waals surface area contributed by atoms with E-state index in [0.717, 1.165) is 6.54 Å². The van der Waals surface area contributed by atoms with E-state index in [4.69, 9.17) is 0 Å². The summed E-state index contributed by atoms with van der Waals surface area (Å²) in [5.41, 5.74) is 0.